The van der Waals surface area contributed by atoms with E-state index < -0.39 is 0 Å². The van der Waals surface area contributed by atoms with Crippen molar-refractivity contribution in [1.82, 2.24) is 10.2 Å². The second-order valence-electron chi connectivity index (χ2n) is 6.99. The molecule has 0 atom stereocenters. The van der Waals surface area contributed by atoms with Crippen molar-refractivity contribution < 1.29 is 9.47 Å². The van der Waals surface area contributed by atoms with Crippen molar-refractivity contribution in [2.75, 3.05) is 13.3 Å². The molecule has 0 saturated carbocycles. The lowest BCUT2D eigenvalue weighted by atomic mass is 10.1. The van der Waals surface area contributed by atoms with Crippen LogP contribution in [0.2, 0.25) is 0 Å². The summed E-state index contributed by atoms with van der Waals surface area (Å²) < 4.78 is 10.8. The Hall–Kier alpha value is -3.05. The maximum atomic E-state index is 5.75. The van der Waals surface area contributed by atoms with Gasteiger partial charge in [-0.1, -0.05) is 66.7 Å². The monoisotopic (exact) mass is 404 g/mol. The lowest BCUT2D eigenvalue weighted by Gasteiger charge is -2.26. The van der Waals surface area contributed by atoms with Crippen LogP contribution < -0.4 is 14.8 Å². The Kier molecular flexibility index (Phi) is 6.27. The predicted octanol–water partition coefficient (Wildman–Crippen LogP) is 4.53. The molecule has 0 amide bonds. The van der Waals surface area contributed by atoms with Crippen molar-refractivity contribution in [3.63, 3.8) is 0 Å². The third-order valence-electron chi connectivity index (χ3n) is 4.90. The number of hydrogen-bond donors (Lipinski definition) is 1. The molecule has 0 bridgehead atoms. The standard InChI is InChI=1S/C24H24N2O2S/c29-24(25-16-21-11-12-22-23(15-21)28-18-27-22)26(17-20-9-5-2-6-10-20)14-13-19-7-3-1-4-8-19/h1-12,15H,13-14,16-18H2,(H,25,29). The number of hydrogen-bond acceptors (Lipinski definition) is 3. The van der Waals surface area contributed by atoms with Crippen molar-refractivity contribution in [2.24, 2.45) is 0 Å². The van der Waals surface area contributed by atoms with Crippen molar-refractivity contribution >= 4 is 17.3 Å². The zero-order valence-corrected chi connectivity index (χ0v) is 17.0. The highest BCUT2D eigenvalue weighted by atomic mass is 32.1. The van der Waals surface area contributed by atoms with Gasteiger partial charge in [-0.3, -0.25) is 0 Å². The second-order valence-corrected chi connectivity index (χ2v) is 7.38. The normalized spacial score (nSPS) is 11.9. The van der Waals surface area contributed by atoms with Gasteiger partial charge >= 0.3 is 0 Å². The first-order valence-electron chi connectivity index (χ1n) is 9.77. The van der Waals surface area contributed by atoms with E-state index in [4.69, 9.17) is 21.7 Å². The highest BCUT2D eigenvalue weighted by Crippen LogP contribution is 2.32. The van der Waals surface area contributed by atoms with Gasteiger partial charge in [-0.15, -0.1) is 0 Å². The summed E-state index contributed by atoms with van der Waals surface area (Å²) in [6.07, 6.45) is 0.944. The van der Waals surface area contributed by atoms with Gasteiger partial charge in [0.2, 0.25) is 6.79 Å². The minimum atomic E-state index is 0.287. The number of ether oxygens (including phenoxy) is 2. The smallest absolute Gasteiger partial charge is 0.231 e. The average Bonchev–Trinajstić information content (AvgIpc) is 3.24. The molecule has 0 aromatic heterocycles. The van der Waals surface area contributed by atoms with Gasteiger partial charge < -0.3 is 19.7 Å². The van der Waals surface area contributed by atoms with E-state index >= 15 is 0 Å². The van der Waals surface area contributed by atoms with Crippen LogP contribution in [0.5, 0.6) is 11.5 Å². The first-order valence-corrected chi connectivity index (χ1v) is 10.2. The molecule has 0 fully saturated rings. The van der Waals surface area contributed by atoms with Gasteiger partial charge in [-0.05, 0) is 47.5 Å². The number of nitrogens with zero attached hydrogens (tertiary/aromatic N) is 1. The zero-order valence-electron chi connectivity index (χ0n) is 16.2. The van der Waals surface area contributed by atoms with Crippen molar-refractivity contribution in [3.8, 4) is 11.5 Å². The Bertz CT molecular complexity index is 948. The van der Waals surface area contributed by atoms with E-state index in [1.807, 2.05) is 30.3 Å². The minimum Gasteiger partial charge on any atom is -0.454 e. The average molecular weight is 405 g/mol. The molecule has 148 valence electrons. The second kappa shape index (κ2) is 9.43. The number of rotatable bonds is 7. The van der Waals surface area contributed by atoms with E-state index in [0.717, 1.165) is 41.7 Å². The summed E-state index contributed by atoms with van der Waals surface area (Å²) in [6.45, 7) is 2.56. The van der Waals surface area contributed by atoms with Crippen LogP contribution in [0, 0.1) is 0 Å². The molecule has 4 nitrogen and oxygen atoms in total. The molecule has 5 heteroatoms. The molecule has 3 aromatic carbocycles. The first kappa shape index (κ1) is 19.3. The van der Waals surface area contributed by atoms with Crippen LogP contribution in [0.25, 0.3) is 0 Å². The summed E-state index contributed by atoms with van der Waals surface area (Å²) in [5.74, 6) is 1.59. The lowest BCUT2D eigenvalue weighted by Crippen LogP contribution is -2.40. The van der Waals surface area contributed by atoms with Crippen LogP contribution in [0.4, 0.5) is 0 Å². The van der Waals surface area contributed by atoms with Crippen LogP contribution in [-0.2, 0) is 19.5 Å². The molecular formula is C24H24N2O2S. The Morgan fingerprint density at radius 3 is 2.28 bits per heavy atom. The summed E-state index contributed by atoms with van der Waals surface area (Å²) >= 11 is 5.75. The number of benzene rings is 3. The van der Waals surface area contributed by atoms with Gasteiger partial charge in [0, 0.05) is 19.6 Å². The fourth-order valence-corrected chi connectivity index (χ4v) is 3.53. The third kappa shape index (κ3) is 5.27. The summed E-state index contributed by atoms with van der Waals surface area (Å²) in [5.41, 5.74) is 3.66. The Morgan fingerprint density at radius 2 is 1.52 bits per heavy atom. The SMILES string of the molecule is S=C(NCc1ccc2c(c1)OCO2)N(CCc1ccccc1)Cc1ccccc1. The molecule has 29 heavy (non-hydrogen) atoms. The molecule has 0 spiro atoms. The predicted molar refractivity (Wildman–Crippen MR) is 119 cm³/mol. The molecule has 1 heterocycles. The Morgan fingerprint density at radius 1 is 0.828 bits per heavy atom. The molecule has 0 radical (unpaired) electrons. The third-order valence-corrected chi connectivity index (χ3v) is 5.30. The zero-order chi connectivity index (χ0) is 19.9. The van der Waals surface area contributed by atoms with Crippen LogP contribution in [0.1, 0.15) is 16.7 Å². The minimum absolute atomic E-state index is 0.287. The summed E-state index contributed by atoms with van der Waals surface area (Å²) in [6, 6.07) is 26.9. The van der Waals surface area contributed by atoms with Gasteiger partial charge in [-0.25, -0.2) is 0 Å². The molecule has 1 aliphatic rings. The first-order chi connectivity index (χ1) is 14.3. The van der Waals surface area contributed by atoms with Crippen LogP contribution in [0.3, 0.4) is 0 Å². The van der Waals surface area contributed by atoms with Gasteiger partial charge in [0.05, 0.1) is 0 Å². The number of fused-ring (bicyclic) bond motifs is 1. The van der Waals surface area contributed by atoms with Gasteiger partial charge in [-0.2, -0.15) is 0 Å². The van der Waals surface area contributed by atoms with Crippen molar-refractivity contribution in [2.45, 2.75) is 19.5 Å². The highest BCUT2D eigenvalue weighted by Gasteiger charge is 2.14. The molecule has 4 rings (SSSR count). The molecular weight excluding hydrogens is 380 g/mol. The number of thiocarbonyl (C=S) groups is 1. The largest absolute Gasteiger partial charge is 0.454 e. The fraction of sp³-hybridized carbons (Fsp3) is 0.208. The van der Waals surface area contributed by atoms with E-state index in [-0.39, 0.29) is 6.79 Å². The topological polar surface area (TPSA) is 33.7 Å². The molecule has 0 aliphatic carbocycles. The maximum absolute atomic E-state index is 5.75. The summed E-state index contributed by atoms with van der Waals surface area (Å²) in [4.78, 5) is 2.23. The maximum Gasteiger partial charge on any atom is 0.231 e. The van der Waals surface area contributed by atoms with Gasteiger partial charge in [0.25, 0.3) is 0 Å². The summed E-state index contributed by atoms with van der Waals surface area (Å²) in [5, 5.41) is 4.16. The number of nitrogens with one attached hydrogen (secondary N) is 1. The van der Waals surface area contributed by atoms with Crippen molar-refractivity contribution in [1.29, 1.82) is 0 Å². The van der Waals surface area contributed by atoms with Crippen LogP contribution in [-0.4, -0.2) is 23.4 Å². The van der Waals surface area contributed by atoms with E-state index in [1.165, 1.54) is 11.1 Å². The van der Waals surface area contributed by atoms with Crippen LogP contribution in [0.15, 0.2) is 78.9 Å². The summed E-state index contributed by atoms with van der Waals surface area (Å²) in [7, 11) is 0. The van der Waals surface area contributed by atoms with Crippen molar-refractivity contribution in [3.05, 3.63) is 95.6 Å². The van der Waals surface area contributed by atoms with E-state index in [0.29, 0.717) is 6.54 Å². The molecule has 0 saturated heterocycles. The van der Waals surface area contributed by atoms with Gasteiger partial charge in [0.1, 0.15) is 0 Å². The molecule has 1 N–H and O–H groups in total. The lowest BCUT2D eigenvalue weighted by molar-refractivity contribution is 0.174. The fourth-order valence-electron chi connectivity index (χ4n) is 3.31. The van der Waals surface area contributed by atoms with Gasteiger partial charge in [0.15, 0.2) is 16.6 Å². The molecule has 3 aromatic rings. The van der Waals surface area contributed by atoms with E-state index in [2.05, 4.69) is 58.7 Å². The Balaban J connectivity index is 1.40. The van der Waals surface area contributed by atoms with E-state index in [1.54, 1.807) is 0 Å². The highest BCUT2D eigenvalue weighted by molar-refractivity contribution is 7.80. The van der Waals surface area contributed by atoms with E-state index in [9.17, 15) is 0 Å². The molecule has 1 aliphatic heterocycles. The Labute approximate surface area is 177 Å². The molecule has 0 unspecified atom stereocenters. The quantitative estimate of drug-likeness (QED) is 0.585. The van der Waals surface area contributed by atoms with Crippen LogP contribution >= 0.6 is 12.2 Å².